The van der Waals surface area contributed by atoms with E-state index in [4.69, 9.17) is 5.11 Å². The van der Waals surface area contributed by atoms with Crippen molar-refractivity contribution in [3.05, 3.63) is 0 Å². The predicted molar refractivity (Wildman–Crippen MR) is 72.7 cm³/mol. The lowest BCUT2D eigenvalue weighted by molar-refractivity contribution is -0.146. The second-order valence-electron chi connectivity index (χ2n) is 5.35. The van der Waals surface area contributed by atoms with Gasteiger partial charge in [-0.15, -0.1) is 0 Å². The van der Waals surface area contributed by atoms with Gasteiger partial charge in [-0.2, -0.15) is 12.6 Å². The van der Waals surface area contributed by atoms with Gasteiger partial charge in [0.05, 0.1) is 5.37 Å². The molecule has 0 bridgehead atoms. The molecule has 104 valence electrons. The molecule has 1 aliphatic rings. The minimum Gasteiger partial charge on any atom is -0.480 e. The van der Waals surface area contributed by atoms with E-state index < -0.39 is 11.5 Å². The summed E-state index contributed by atoms with van der Waals surface area (Å²) in [6.07, 6.45) is 2.36. The SMILES string of the molecule is CC(S)N1CCC[C@H]1CC(=O)NC(C)(C)C(=O)O. The first kappa shape index (κ1) is 15.3. The second kappa shape index (κ2) is 5.93. The molecule has 18 heavy (non-hydrogen) atoms. The number of carboxylic acids is 1. The van der Waals surface area contributed by atoms with Crippen molar-refractivity contribution in [1.29, 1.82) is 0 Å². The molecule has 0 aromatic carbocycles. The molecule has 1 heterocycles. The Kier molecular flexibility index (Phi) is 5.04. The lowest BCUT2D eigenvalue weighted by Gasteiger charge is -2.28. The third-order valence-electron chi connectivity index (χ3n) is 3.31. The first-order chi connectivity index (χ1) is 8.24. The summed E-state index contributed by atoms with van der Waals surface area (Å²) in [5.74, 6) is -1.24. The van der Waals surface area contributed by atoms with Crippen LogP contribution in [0.1, 0.15) is 40.0 Å². The lowest BCUT2D eigenvalue weighted by Crippen LogP contribution is -2.51. The number of amides is 1. The molecular formula is C12H22N2O3S. The van der Waals surface area contributed by atoms with Crippen molar-refractivity contribution in [1.82, 2.24) is 10.2 Å². The molecule has 1 amide bonds. The molecule has 0 radical (unpaired) electrons. The molecule has 2 N–H and O–H groups in total. The topological polar surface area (TPSA) is 69.6 Å². The number of carbonyl (C=O) groups excluding carboxylic acids is 1. The van der Waals surface area contributed by atoms with E-state index >= 15 is 0 Å². The predicted octanol–water partition coefficient (Wildman–Crippen LogP) is 1.10. The number of likely N-dealkylation sites (tertiary alicyclic amines) is 1. The van der Waals surface area contributed by atoms with Gasteiger partial charge in [-0.3, -0.25) is 9.69 Å². The van der Waals surface area contributed by atoms with Gasteiger partial charge in [-0.1, -0.05) is 0 Å². The largest absolute Gasteiger partial charge is 0.480 e. The van der Waals surface area contributed by atoms with Gasteiger partial charge in [0.1, 0.15) is 5.54 Å². The minimum absolute atomic E-state index is 0.123. The number of hydrogen-bond donors (Lipinski definition) is 3. The van der Waals surface area contributed by atoms with E-state index in [2.05, 4.69) is 22.8 Å². The van der Waals surface area contributed by atoms with E-state index in [1.807, 2.05) is 6.92 Å². The Labute approximate surface area is 113 Å². The van der Waals surface area contributed by atoms with Crippen molar-refractivity contribution in [3.8, 4) is 0 Å². The third-order valence-corrected chi connectivity index (χ3v) is 3.61. The molecule has 0 aromatic rings. The van der Waals surface area contributed by atoms with Crippen molar-refractivity contribution in [2.75, 3.05) is 6.54 Å². The van der Waals surface area contributed by atoms with Crippen LogP contribution in [-0.2, 0) is 9.59 Å². The molecule has 1 saturated heterocycles. The van der Waals surface area contributed by atoms with E-state index in [0.29, 0.717) is 6.42 Å². The summed E-state index contributed by atoms with van der Waals surface area (Å²) < 4.78 is 0. The molecule has 1 fully saturated rings. The van der Waals surface area contributed by atoms with Crippen LogP contribution in [0.4, 0.5) is 0 Å². The fraction of sp³-hybridized carbons (Fsp3) is 0.833. The van der Waals surface area contributed by atoms with Crippen molar-refractivity contribution < 1.29 is 14.7 Å². The van der Waals surface area contributed by atoms with Crippen LogP contribution in [0.15, 0.2) is 0 Å². The Balaban J connectivity index is 2.52. The Morgan fingerprint density at radius 3 is 2.67 bits per heavy atom. The van der Waals surface area contributed by atoms with Gasteiger partial charge in [0.15, 0.2) is 0 Å². The average molecular weight is 274 g/mol. The zero-order chi connectivity index (χ0) is 13.9. The van der Waals surface area contributed by atoms with E-state index in [-0.39, 0.29) is 17.3 Å². The number of nitrogens with one attached hydrogen (secondary N) is 1. The highest BCUT2D eigenvalue weighted by Crippen LogP contribution is 2.24. The maximum Gasteiger partial charge on any atom is 0.328 e. The number of carboxylic acid groups (broad SMARTS) is 1. The zero-order valence-electron chi connectivity index (χ0n) is 11.1. The molecule has 0 saturated carbocycles. The summed E-state index contributed by atoms with van der Waals surface area (Å²) in [5, 5.41) is 11.6. The Morgan fingerprint density at radius 2 is 2.17 bits per heavy atom. The molecule has 0 aliphatic carbocycles. The van der Waals surface area contributed by atoms with Gasteiger partial charge >= 0.3 is 5.97 Å². The van der Waals surface area contributed by atoms with Crippen LogP contribution >= 0.6 is 12.6 Å². The number of carbonyl (C=O) groups is 2. The lowest BCUT2D eigenvalue weighted by atomic mass is 10.0. The van der Waals surface area contributed by atoms with Crippen LogP contribution in [0.5, 0.6) is 0 Å². The monoisotopic (exact) mass is 274 g/mol. The standard InChI is InChI=1S/C12H22N2O3S/c1-8(18)14-6-4-5-9(14)7-10(15)13-12(2,3)11(16)17/h8-9,18H,4-7H2,1-3H3,(H,13,15)(H,16,17)/t8?,9-/m0/s1. The van der Waals surface area contributed by atoms with Crippen molar-refractivity contribution in [2.45, 2.75) is 57.0 Å². The molecular weight excluding hydrogens is 252 g/mol. The molecule has 1 aliphatic heterocycles. The normalized spacial score (nSPS) is 22.8. The summed E-state index contributed by atoms with van der Waals surface area (Å²) in [5.41, 5.74) is -1.22. The van der Waals surface area contributed by atoms with E-state index in [1.54, 1.807) is 0 Å². The van der Waals surface area contributed by atoms with E-state index in [0.717, 1.165) is 19.4 Å². The van der Waals surface area contributed by atoms with Crippen LogP contribution in [0.3, 0.4) is 0 Å². The number of hydrogen-bond acceptors (Lipinski definition) is 4. The van der Waals surface area contributed by atoms with Crippen molar-refractivity contribution in [3.63, 3.8) is 0 Å². The van der Waals surface area contributed by atoms with Crippen LogP contribution in [0.25, 0.3) is 0 Å². The summed E-state index contributed by atoms with van der Waals surface area (Å²) in [6, 6.07) is 0.169. The summed E-state index contributed by atoms with van der Waals surface area (Å²) in [6.45, 7) is 5.91. The minimum atomic E-state index is -1.22. The summed E-state index contributed by atoms with van der Waals surface area (Å²) >= 11 is 4.39. The van der Waals surface area contributed by atoms with Crippen molar-refractivity contribution in [2.24, 2.45) is 0 Å². The quantitative estimate of drug-likeness (QED) is 0.657. The van der Waals surface area contributed by atoms with Crippen molar-refractivity contribution >= 4 is 24.5 Å². The molecule has 0 spiro atoms. The van der Waals surface area contributed by atoms with Gasteiger partial charge in [-0.05, 0) is 40.2 Å². The van der Waals surface area contributed by atoms with Crippen LogP contribution in [-0.4, -0.2) is 45.4 Å². The maximum atomic E-state index is 11.9. The number of aliphatic carboxylic acids is 1. The van der Waals surface area contributed by atoms with Gasteiger partial charge < -0.3 is 10.4 Å². The van der Waals surface area contributed by atoms with Crippen LogP contribution in [0.2, 0.25) is 0 Å². The Bertz CT molecular complexity index is 331. The molecule has 0 aromatic heterocycles. The smallest absolute Gasteiger partial charge is 0.328 e. The molecule has 5 nitrogen and oxygen atoms in total. The van der Waals surface area contributed by atoms with Crippen LogP contribution in [0, 0.1) is 0 Å². The van der Waals surface area contributed by atoms with Gasteiger partial charge in [0, 0.05) is 12.5 Å². The van der Waals surface area contributed by atoms with Gasteiger partial charge in [0.2, 0.25) is 5.91 Å². The highest BCUT2D eigenvalue weighted by Gasteiger charge is 2.33. The number of rotatable bonds is 5. The molecule has 6 heteroatoms. The zero-order valence-corrected chi connectivity index (χ0v) is 12.0. The molecule has 1 rings (SSSR count). The van der Waals surface area contributed by atoms with E-state index in [1.165, 1.54) is 13.8 Å². The Morgan fingerprint density at radius 1 is 1.56 bits per heavy atom. The second-order valence-corrected chi connectivity index (χ2v) is 6.10. The third kappa shape index (κ3) is 3.88. The highest BCUT2D eigenvalue weighted by atomic mass is 32.1. The number of thiol groups is 1. The van der Waals surface area contributed by atoms with Gasteiger partial charge in [-0.25, -0.2) is 4.79 Å². The average Bonchev–Trinajstić information content (AvgIpc) is 2.64. The molecule has 1 unspecified atom stereocenters. The molecule has 2 atom stereocenters. The first-order valence-corrected chi connectivity index (χ1v) is 6.74. The highest BCUT2D eigenvalue weighted by molar-refractivity contribution is 7.80. The van der Waals surface area contributed by atoms with Gasteiger partial charge in [0.25, 0.3) is 0 Å². The maximum absolute atomic E-state index is 11.9. The summed E-state index contributed by atoms with van der Waals surface area (Å²) in [7, 11) is 0. The first-order valence-electron chi connectivity index (χ1n) is 6.22. The summed E-state index contributed by atoms with van der Waals surface area (Å²) in [4.78, 5) is 25.0. The fourth-order valence-electron chi connectivity index (χ4n) is 2.24. The van der Waals surface area contributed by atoms with E-state index in [9.17, 15) is 9.59 Å². The fourth-order valence-corrected chi connectivity index (χ4v) is 2.54. The Hall–Kier alpha value is -0.750. The number of nitrogens with zero attached hydrogens (tertiary/aromatic N) is 1. The van der Waals surface area contributed by atoms with Crippen LogP contribution < -0.4 is 5.32 Å².